The number of nitrogens with zero attached hydrogens (tertiary/aromatic N) is 1. The molecule has 1 heterocycles. The fourth-order valence-electron chi connectivity index (χ4n) is 1.53. The summed E-state index contributed by atoms with van der Waals surface area (Å²) in [4.78, 5) is 13.1. The molecule has 1 saturated heterocycles. The molecule has 12 heavy (non-hydrogen) atoms. The Kier molecular flexibility index (Phi) is 4.05. The quantitative estimate of drug-likeness (QED) is 0.636. The Morgan fingerprint density at radius 3 is 2.92 bits per heavy atom. The maximum atomic E-state index is 11.8. The van der Waals surface area contributed by atoms with Crippen LogP contribution in [0.25, 0.3) is 0 Å². The molecule has 0 aromatic carbocycles. The molecule has 0 saturated carbocycles. The van der Waals surface area contributed by atoms with Gasteiger partial charge in [0.25, 0.3) is 0 Å². The van der Waals surface area contributed by atoms with Gasteiger partial charge in [0.2, 0.25) is 5.91 Å². The average molecular weight is 173 g/mol. The number of hydrogen-bond acceptors (Lipinski definition) is 1. The van der Waals surface area contributed by atoms with Gasteiger partial charge in [0.1, 0.15) is 0 Å². The van der Waals surface area contributed by atoms with Gasteiger partial charge in [-0.1, -0.05) is 6.42 Å². The predicted octanol–water partition coefficient (Wildman–Crippen LogP) is 1.75. The standard InChI is InChI=1S/C9H16FNO/c10-6-4-8-11-7-3-1-2-5-9(11)12/h1-8H2. The van der Waals surface area contributed by atoms with Crippen molar-refractivity contribution in [2.75, 3.05) is 19.8 Å². The van der Waals surface area contributed by atoms with Crippen molar-refractivity contribution in [1.29, 1.82) is 0 Å². The molecular weight excluding hydrogens is 157 g/mol. The molecule has 2 nitrogen and oxygen atoms in total. The van der Waals surface area contributed by atoms with Gasteiger partial charge in [-0.15, -0.1) is 0 Å². The van der Waals surface area contributed by atoms with Crippen molar-refractivity contribution in [2.45, 2.75) is 32.1 Å². The van der Waals surface area contributed by atoms with E-state index in [2.05, 4.69) is 0 Å². The lowest BCUT2D eigenvalue weighted by Crippen LogP contribution is -2.31. The average Bonchev–Trinajstić information content (AvgIpc) is 2.27. The molecule has 1 amide bonds. The third kappa shape index (κ3) is 2.80. The van der Waals surface area contributed by atoms with E-state index >= 15 is 0 Å². The topological polar surface area (TPSA) is 20.3 Å². The monoisotopic (exact) mass is 173 g/mol. The van der Waals surface area contributed by atoms with Gasteiger partial charge in [-0.3, -0.25) is 9.18 Å². The lowest BCUT2D eigenvalue weighted by molar-refractivity contribution is -0.130. The van der Waals surface area contributed by atoms with E-state index in [1.54, 1.807) is 4.90 Å². The van der Waals surface area contributed by atoms with Crippen LogP contribution in [-0.2, 0) is 4.79 Å². The van der Waals surface area contributed by atoms with Gasteiger partial charge in [0.15, 0.2) is 0 Å². The summed E-state index contributed by atoms with van der Waals surface area (Å²) in [6, 6.07) is 0. The Morgan fingerprint density at radius 2 is 2.17 bits per heavy atom. The van der Waals surface area contributed by atoms with E-state index in [0.29, 0.717) is 19.4 Å². The molecule has 0 spiro atoms. The van der Waals surface area contributed by atoms with Gasteiger partial charge in [-0.05, 0) is 19.3 Å². The predicted molar refractivity (Wildman–Crippen MR) is 45.6 cm³/mol. The van der Waals surface area contributed by atoms with Crippen LogP contribution in [0.2, 0.25) is 0 Å². The Bertz CT molecular complexity index is 149. The zero-order valence-electron chi connectivity index (χ0n) is 7.39. The number of carbonyl (C=O) groups excluding carboxylic acids is 1. The maximum Gasteiger partial charge on any atom is 0.222 e. The Balaban J connectivity index is 2.31. The van der Waals surface area contributed by atoms with E-state index in [4.69, 9.17) is 0 Å². The first-order valence-corrected chi connectivity index (χ1v) is 4.68. The summed E-state index contributed by atoms with van der Waals surface area (Å²) in [6.07, 6.45) is 4.37. The van der Waals surface area contributed by atoms with Crippen LogP contribution >= 0.6 is 0 Å². The Morgan fingerprint density at radius 1 is 1.33 bits per heavy atom. The Labute approximate surface area is 72.7 Å². The largest absolute Gasteiger partial charge is 0.343 e. The van der Waals surface area contributed by atoms with Crippen LogP contribution in [0.3, 0.4) is 0 Å². The fourth-order valence-corrected chi connectivity index (χ4v) is 1.53. The number of likely N-dealkylation sites (tertiary alicyclic amines) is 1. The molecule has 3 heteroatoms. The summed E-state index contributed by atoms with van der Waals surface area (Å²) in [7, 11) is 0. The summed E-state index contributed by atoms with van der Waals surface area (Å²) in [5, 5.41) is 0. The van der Waals surface area contributed by atoms with E-state index in [0.717, 1.165) is 25.8 Å². The number of alkyl halides is 1. The van der Waals surface area contributed by atoms with Crippen molar-refractivity contribution in [2.24, 2.45) is 0 Å². The van der Waals surface area contributed by atoms with Crippen LogP contribution in [-0.4, -0.2) is 30.6 Å². The van der Waals surface area contributed by atoms with Crippen molar-refractivity contribution in [3.63, 3.8) is 0 Å². The summed E-state index contributed by atoms with van der Waals surface area (Å²) in [5.74, 6) is 0.209. The SMILES string of the molecule is O=C1CCCCCN1CCCF. The molecule has 0 bridgehead atoms. The highest BCUT2D eigenvalue weighted by Crippen LogP contribution is 2.11. The second-order valence-corrected chi connectivity index (χ2v) is 3.23. The minimum atomic E-state index is -0.316. The fraction of sp³-hybridized carbons (Fsp3) is 0.889. The third-order valence-corrected chi connectivity index (χ3v) is 2.23. The van der Waals surface area contributed by atoms with Gasteiger partial charge in [0, 0.05) is 19.5 Å². The number of carbonyl (C=O) groups is 1. The van der Waals surface area contributed by atoms with Gasteiger partial charge in [-0.2, -0.15) is 0 Å². The van der Waals surface area contributed by atoms with E-state index in [1.165, 1.54) is 0 Å². The minimum Gasteiger partial charge on any atom is -0.343 e. The molecule has 0 unspecified atom stereocenters. The molecular formula is C9H16FNO. The normalized spacial score (nSPS) is 19.4. The number of halogens is 1. The lowest BCUT2D eigenvalue weighted by atomic mass is 10.2. The minimum absolute atomic E-state index is 0.209. The van der Waals surface area contributed by atoms with Crippen LogP contribution in [0.5, 0.6) is 0 Å². The molecule has 1 aliphatic heterocycles. The molecule has 1 fully saturated rings. The first-order valence-electron chi connectivity index (χ1n) is 4.68. The van der Waals surface area contributed by atoms with E-state index in [9.17, 15) is 9.18 Å². The zero-order chi connectivity index (χ0) is 8.81. The first kappa shape index (κ1) is 9.49. The molecule has 0 aliphatic carbocycles. The van der Waals surface area contributed by atoms with Gasteiger partial charge in [0.05, 0.1) is 6.67 Å². The molecule has 1 aliphatic rings. The Hall–Kier alpha value is -0.600. The van der Waals surface area contributed by atoms with Crippen molar-refractivity contribution >= 4 is 5.91 Å². The van der Waals surface area contributed by atoms with Gasteiger partial charge >= 0.3 is 0 Å². The van der Waals surface area contributed by atoms with Crippen LogP contribution in [0, 0.1) is 0 Å². The van der Waals surface area contributed by atoms with Crippen LogP contribution < -0.4 is 0 Å². The molecule has 0 aromatic rings. The molecule has 0 atom stereocenters. The highest BCUT2D eigenvalue weighted by Gasteiger charge is 2.15. The molecule has 0 radical (unpaired) electrons. The van der Waals surface area contributed by atoms with Gasteiger partial charge < -0.3 is 4.90 Å². The van der Waals surface area contributed by atoms with Crippen LogP contribution in [0.1, 0.15) is 32.1 Å². The smallest absolute Gasteiger partial charge is 0.222 e. The van der Waals surface area contributed by atoms with E-state index in [1.807, 2.05) is 0 Å². The molecule has 0 N–H and O–H groups in total. The van der Waals surface area contributed by atoms with E-state index in [-0.39, 0.29) is 12.6 Å². The van der Waals surface area contributed by atoms with Crippen LogP contribution in [0.15, 0.2) is 0 Å². The van der Waals surface area contributed by atoms with Crippen LogP contribution in [0.4, 0.5) is 4.39 Å². The highest BCUT2D eigenvalue weighted by atomic mass is 19.1. The number of hydrogen-bond donors (Lipinski definition) is 0. The van der Waals surface area contributed by atoms with Crippen molar-refractivity contribution in [3.8, 4) is 0 Å². The second kappa shape index (κ2) is 5.12. The summed E-state index contributed by atoms with van der Waals surface area (Å²) >= 11 is 0. The maximum absolute atomic E-state index is 11.8. The zero-order valence-corrected chi connectivity index (χ0v) is 7.39. The third-order valence-electron chi connectivity index (χ3n) is 2.23. The van der Waals surface area contributed by atoms with Crippen molar-refractivity contribution in [1.82, 2.24) is 4.90 Å². The lowest BCUT2D eigenvalue weighted by Gasteiger charge is -2.19. The molecule has 70 valence electrons. The van der Waals surface area contributed by atoms with Crippen molar-refractivity contribution in [3.05, 3.63) is 0 Å². The number of rotatable bonds is 3. The summed E-state index contributed by atoms with van der Waals surface area (Å²) in [5.41, 5.74) is 0. The van der Waals surface area contributed by atoms with Gasteiger partial charge in [-0.25, -0.2) is 0 Å². The van der Waals surface area contributed by atoms with Crippen molar-refractivity contribution < 1.29 is 9.18 Å². The first-order chi connectivity index (χ1) is 5.84. The highest BCUT2D eigenvalue weighted by molar-refractivity contribution is 5.76. The molecule has 0 aromatic heterocycles. The summed E-state index contributed by atoms with van der Waals surface area (Å²) < 4.78 is 11.8. The second-order valence-electron chi connectivity index (χ2n) is 3.23. The number of amides is 1. The summed E-state index contributed by atoms with van der Waals surface area (Å²) in [6.45, 7) is 1.12. The van der Waals surface area contributed by atoms with E-state index < -0.39 is 0 Å². The molecule has 1 rings (SSSR count).